The van der Waals surface area contributed by atoms with Crippen LogP contribution >= 0.6 is 0 Å². The van der Waals surface area contributed by atoms with Crippen molar-refractivity contribution in [3.05, 3.63) is 46.4 Å². The first kappa shape index (κ1) is 17.8. The molecule has 0 atom stereocenters. The summed E-state index contributed by atoms with van der Waals surface area (Å²) in [5, 5.41) is 0. The maximum atomic E-state index is 12.8. The maximum Gasteiger partial charge on any atom is 0.301 e. The first-order chi connectivity index (χ1) is 11.8. The summed E-state index contributed by atoms with van der Waals surface area (Å²) < 4.78 is 32.4. The minimum absolute atomic E-state index is 0.102. The van der Waals surface area contributed by atoms with Crippen LogP contribution in [0.25, 0.3) is 5.69 Å². The van der Waals surface area contributed by atoms with Crippen molar-refractivity contribution in [2.24, 2.45) is 13.0 Å². The molecule has 1 aromatic carbocycles. The number of piperidine rings is 1. The van der Waals surface area contributed by atoms with Crippen molar-refractivity contribution in [1.29, 1.82) is 0 Å². The minimum atomic E-state index is -3.73. The summed E-state index contributed by atoms with van der Waals surface area (Å²) in [7, 11) is -1.99. The quantitative estimate of drug-likeness (QED) is 0.900. The number of aromatic nitrogens is 2. The fourth-order valence-electron chi connectivity index (χ4n) is 3.10. The van der Waals surface area contributed by atoms with E-state index >= 15 is 0 Å². The van der Waals surface area contributed by atoms with E-state index in [4.69, 9.17) is 0 Å². The van der Waals surface area contributed by atoms with Gasteiger partial charge >= 0.3 is 10.2 Å². The van der Waals surface area contributed by atoms with Crippen LogP contribution in [0.3, 0.4) is 0 Å². The lowest BCUT2D eigenvalue weighted by Gasteiger charge is -2.29. The largest absolute Gasteiger partial charge is 0.301 e. The Morgan fingerprint density at radius 2 is 1.72 bits per heavy atom. The molecule has 3 rings (SSSR count). The molecule has 0 unspecified atom stereocenters. The van der Waals surface area contributed by atoms with E-state index in [1.165, 1.54) is 8.99 Å². The van der Waals surface area contributed by atoms with Gasteiger partial charge in [-0.15, -0.1) is 0 Å². The van der Waals surface area contributed by atoms with Crippen LogP contribution in [0.2, 0.25) is 0 Å². The summed E-state index contributed by atoms with van der Waals surface area (Å²) >= 11 is 0. The summed E-state index contributed by atoms with van der Waals surface area (Å²) in [6.45, 7) is 4.82. The van der Waals surface area contributed by atoms with Gasteiger partial charge in [0.2, 0.25) is 0 Å². The van der Waals surface area contributed by atoms with Crippen molar-refractivity contribution in [3.8, 4) is 5.69 Å². The molecule has 2 aromatic rings. The van der Waals surface area contributed by atoms with Crippen molar-refractivity contribution in [3.63, 3.8) is 0 Å². The van der Waals surface area contributed by atoms with Crippen LogP contribution in [-0.4, -0.2) is 35.2 Å². The Bertz CT molecular complexity index is 907. The fourth-order valence-corrected chi connectivity index (χ4v) is 4.42. The van der Waals surface area contributed by atoms with E-state index in [0.29, 0.717) is 30.4 Å². The highest BCUT2D eigenvalue weighted by molar-refractivity contribution is 7.90. The third-order valence-corrected chi connectivity index (χ3v) is 6.37. The second-order valence-electron chi connectivity index (χ2n) is 6.63. The van der Waals surface area contributed by atoms with E-state index < -0.39 is 10.2 Å². The third-order valence-electron chi connectivity index (χ3n) is 4.87. The number of hydrogen-bond acceptors (Lipinski definition) is 3. The predicted octanol–water partition coefficient (Wildman–Crippen LogP) is 1.87. The topological polar surface area (TPSA) is 76.3 Å². The van der Waals surface area contributed by atoms with Gasteiger partial charge in [0.15, 0.2) is 0 Å². The highest BCUT2D eigenvalue weighted by Crippen LogP contribution is 2.21. The predicted molar refractivity (Wildman–Crippen MR) is 98.3 cm³/mol. The van der Waals surface area contributed by atoms with Crippen LogP contribution in [0, 0.1) is 12.8 Å². The Labute approximate surface area is 148 Å². The Balaban J connectivity index is 1.95. The normalized spacial score (nSPS) is 16.9. The van der Waals surface area contributed by atoms with Gasteiger partial charge < -0.3 is 0 Å². The molecule has 1 aromatic heterocycles. The number of para-hydroxylation sites is 1. The third kappa shape index (κ3) is 3.36. The SMILES string of the molecule is Cc1c(NS(=O)(=O)N2CCC(C)CC2)c(=O)n(-c2ccccc2)n1C. The molecular formula is C17H24N4O3S. The number of anilines is 1. The minimum Gasteiger partial charge on any atom is -0.283 e. The summed E-state index contributed by atoms with van der Waals surface area (Å²) in [4.78, 5) is 12.8. The van der Waals surface area contributed by atoms with Gasteiger partial charge in [0.1, 0.15) is 5.69 Å². The molecule has 2 heterocycles. The van der Waals surface area contributed by atoms with E-state index in [9.17, 15) is 13.2 Å². The van der Waals surface area contributed by atoms with E-state index in [1.807, 2.05) is 30.3 Å². The number of nitrogens with zero attached hydrogens (tertiary/aromatic N) is 3. The summed E-state index contributed by atoms with van der Waals surface area (Å²) in [6, 6.07) is 9.16. The van der Waals surface area contributed by atoms with Gasteiger partial charge in [0.25, 0.3) is 5.56 Å². The molecule has 1 saturated heterocycles. The molecule has 25 heavy (non-hydrogen) atoms. The average molecular weight is 364 g/mol. The molecule has 0 radical (unpaired) electrons. The zero-order valence-corrected chi connectivity index (χ0v) is 15.6. The van der Waals surface area contributed by atoms with Crippen LogP contribution in [0.5, 0.6) is 0 Å². The monoisotopic (exact) mass is 364 g/mol. The van der Waals surface area contributed by atoms with Gasteiger partial charge in [-0.3, -0.25) is 14.2 Å². The molecule has 0 spiro atoms. The zero-order valence-electron chi connectivity index (χ0n) is 14.8. The first-order valence-electron chi connectivity index (χ1n) is 8.43. The second kappa shape index (κ2) is 6.68. The van der Waals surface area contributed by atoms with E-state index in [-0.39, 0.29) is 11.2 Å². The number of benzene rings is 1. The van der Waals surface area contributed by atoms with Crippen molar-refractivity contribution in [2.75, 3.05) is 17.8 Å². The highest BCUT2D eigenvalue weighted by atomic mass is 32.2. The Morgan fingerprint density at radius 3 is 2.32 bits per heavy atom. The van der Waals surface area contributed by atoms with Crippen molar-refractivity contribution < 1.29 is 8.42 Å². The molecule has 0 aliphatic carbocycles. The van der Waals surface area contributed by atoms with Crippen LogP contribution in [0.4, 0.5) is 5.69 Å². The Hall–Kier alpha value is -2.06. The number of rotatable bonds is 4. The molecule has 136 valence electrons. The van der Waals surface area contributed by atoms with Gasteiger partial charge in [-0.05, 0) is 37.8 Å². The van der Waals surface area contributed by atoms with Crippen LogP contribution in [0.1, 0.15) is 25.5 Å². The summed E-state index contributed by atoms with van der Waals surface area (Å²) in [5.41, 5.74) is 0.989. The number of nitrogens with one attached hydrogen (secondary N) is 1. The lowest BCUT2D eigenvalue weighted by molar-refractivity contribution is 0.289. The molecule has 1 aliphatic heterocycles. The molecule has 1 fully saturated rings. The van der Waals surface area contributed by atoms with E-state index in [1.54, 1.807) is 18.7 Å². The van der Waals surface area contributed by atoms with Gasteiger partial charge in [-0.2, -0.15) is 12.7 Å². The Kier molecular flexibility index (Phi) is 4.75. The number of hydrogen-bond donors (Lipinski definition) is 1. The summed E-state index contributed by atoms with van der Waals surface area (Å²) in [6.07, 6.45) is 1.67. The molecule has 8 heteroatoms. The van der Waals surface area contributed by atoms with Crippen molar-refractivity contribution in [1.82, 2.24) is 13.7 Å². The van der Waals surface area contributed by atoms with Crippen LogP contribution in [0.15, 0.2) is 35.1 Å². The second-order valence-corrected chi connectivity index (χ2v) is 8.30. The Morgan fingerprint density at radius 1 is 1.12 bits per heavy atom. The fraction of sp³-hybridized carbons (Fsp3) is 0.471. The summed E-state index contributed by atoms with van der Waals surface area (Å²) in [5.74, 6) is 0.528. The van der Waals surface area contributed by atoms with E-state index in [0.717, 1.165) is 12.8 Å². The van der Waals surface area contributed by atoms with Gasteiger partial charge in [-0.1, -0.05) is 25.1 Å². The molecule has 1 aliphatic rings. The molecule has 1 N–H and O–H groups in total. The molecule has 7 nitrogen and oxygen atoms in total. The zero-order chi connectivity index (χ0) is 18.2. The van der Waals surface area contributed by atoms with Gasteiger partial charge in [0.05, 0.1) is 11.4 Å². The van der Waals surface area contributed by atoms with Crippen molar-refractivity contribution in [2.45, 2.75) is 26.7 Å². The molecule has 0 amide bonds. The molecule has 0 bridgehead atoms. The standard InChI is InChI=1S/C17H24N4O3S/c1-13-9-11-20(12-10-13)25(23,24)18-16-14(2)19(3)21(17(16)22)15-7-5-4-6-8-15/h4-8,13,18H,9-12H2,1-3H3. The van der Waals surface area contributed by atoms with Crippen molar-refractivity contribution >= 4 is 15.9 Å². The first-order valence-corrected chi connectivity index (χ1v) is 9.87. The maximum absolute atomic E-state index is 12.8. The highest BCUT2D eigenvalue weighted by Gasteiger charge is 2.29. The van der Waals surface area contributed by atoms with Gasteiger partial charge in [-0.25, -0.2) is 4.68 Å². The lowest BCUT2D eigenvalue weighted by atomic mass is 10.0. The molecule has 0 saturated carbocycles. The van der Waals surface area contributed by atoms with Crippen LogP contribution < -0.4 is 10.3 Å². The van der Waals surface area contributed by atoms with E-state index in [2.05, 4.69) is 11.6 Å². The van der Waals surface area contributed by atoms with Crippen LogP contribution in [-0.2, 0) is 17.3 Å². The molecular weight excluding hydrogens is 340 g/mol. The van der Waals surface area contributed by atoms with Gasteiger partial charge in [0, 0.05) is 20.1 Å². The average Bonchev–Trinajstić information content (AvgIpc) is 2.79. The lowest BCUT2D eigenvalue weighted by Crippen LogP contribution is -2.42. The smallest absolute Gasteiger partial charge is 0.283 e.